The van der Waals surface area contributed by atoms with Gasteiger partial charge in [-0.05, 0) is 52.1 Å². The predicted molar refractivity (Wildman–Crippen MR) is 149 cm³/mol. The van der Waals surface area contributed by atoms with Crippen LogP contribution in [0.5, 0.6) is 0 Å². The molecule has 6 rings (SSSR count). The van der Waals surface area contributed by atoms with Gasteiger partial charge in [-0.3, -0.25) is 4.79 Å². The highest BCUT2D eigenvalue weighted by molar-refractivity contribution is 7.98. The summed E-state index contributed by atoms with van der Waals surface area (Å²) >= 11 is 3.34. The van der Waals surface area contributed by atoms with Crippen molar-refractivity contribution in [3.8, 4) is 0 Å². The minimum Gasteiger partial charge on any atom is -0.328 e. The number of allylic oxidation sites excluding steroid dienone is 2. The molecule has 0 amide bonds. The van der Waals surface area contributed by atoms with Crippen LogP contribution in [-0.4, -0.2) is 26.8 Å². The fraction of sp³-hybridized carbons (Fsp3) is 0.276. The van der Waals surface area contributed by atoms with Gasteiger partial charge in [0.05, 0.1) is 0 Å². The van der Waals surface area contributed by atoms with Crippen LogP contribution in [0.4, 0.5) is 5.95 Å². The fourth-order valence-electron chi connectivity index (χ4n) is 5.31. The number of hydrogen-bond acceptors (Lipinski definition) is 6. The van der Waals surface area contributed by atoms with Gasteiger partial charge in [-0.1, -0.05) is 80.2 Å². The number of aromatic nitrogens is 3. The summed E-state index contributed by atoms with van der Waals surface area (Å²) in [4.78, 5) is 19.5. The molecule has 7 heteroatoms. The molecule has 36 heavy (non-hydrogen) atoms. The molecular weight excluding hydrogens is 484 g/mol. The van der Waals surface area contributed by atoms with Gasteiger partial charge in [-0.15, -0.1) is 16.9 Å². The Morgan fingerprint density at radius 3 is 2.61 bits per heavy atom. The highest BCUT2D eigenvalue weighted by Gasteiger charge is 2.41. The molecule has 3 aromatic carbocycles. The molecule has 1 aromatic heterocycles. The minimum atomic E-state index is -0.268. The van der Waals surface area contributed by atoms with E-state index in [-0.39, 0.29) is 17.2 Å². The third-order valence-electron chi connectivity index (χ3n) is 6.98. The van der Waals surface area contributed by atoms with Crippen molar-refractivity contribution in [2.45, 2.75) is 48.5 Å². The van der Waals surface area contributed by atoms with Crippen molar-refractivity contribution in [3.05, 3.63) is 89.1 Å². The van der Waals surface area contributed by atoms with Crippen LogP contribution in [0.3, 0.4) is 0 Å². The Bertz CT molecular complexity index is 1500. The normalized spacial score (nSPS) is 18.6. The summed E-state index contributed by atoms with van der Waals surface area (Å²) in [5, 5.41) is 11.6. The van der Waals surface area contributed by atoms with Crippen molar-refractivity contribution in [3.63, 3.8) is 0 Å². The number of fused-ring (bicyclic) bond motifs is 2. The van der Waals surface area contributed by atoms with Gasteiger partial charge in [0.25, 0.3) is 0 Å². The lowest BCUT2D eigenvalue weighted by Crippen LogP contribution is -2.36. The summed E-state index contributed by atoms with van der Waals surface area (Å²) in [6.07, 6.45) is 3.43. The summed E-state index contributed by atoms with van der Waals surface area (Å²) in [5.41, 5.74) is 4.06. The Labute approximate surface area is 219 Å². The number of nitrogens with one attached hydrogen (secondary N) is 1. The van der Waals surface area contributed by atoms with Crippen molar-refractivity contribution in [2.75, 3.05) is 11.6 Å². The Morgan fingerprint density at radius 1 is 1.03 bits per heavy atom. The molecule has 1 unspecified atom stereocenters. The van der Waals surface area contributed by atoms with Crippen LogP contribution in [0.1, 0.15) is 43.9 Å². The van der Waals surface area contributed by atoms with Gasteiger partial charge in [0.2, 0.25) is 11.1 Å². The molecule has 4 aromatic rings. The second kappa shape index (κ2) is 9.12. The minimum absolute atomic E-state index is 0.0791. The average molecular weight is 513 g/mol. The third-order valence-corrected chi connectivity index (χ3v) is 8.61. The Hall–Kier alpha value is -3.03. The molecule has 182 valence electrons. The highest BCUT2D eigenvalue weighted by atomic mass is 32.2. The van der Waals surface area contributed by atoms with E-state index in [0.717, 1.165) is 29.0 Å². The van der Waals surface area contributed by atoms with E-state index in [1.54, 1.807) is 23.5 Å². The zero-order valence-electron chi connectivity index (χ0n) is 20.6. The number of Topliss-reactive ketones (excluding diaryl/α,β-unsaturated/α-hetero) is 1. The first-order chi connectivity index (χ1) is 17.4. The molecule has 0 radical (unpaired) electrons. The zero-order chi connectivity index (χ0) is 24.9. The molecule has 0 saturated carbocycles. The van der Waals surface area contributed by atoms with Gasteiger partial charge in [0.1, 0.15) is 6.04 Å². The molecule has 5 nitrogen and oxygen atoms in total. The lowest BCUT2D eigenvalue weighted by molar-refractivity contribution is -0.118. The van der Waals surface area contributed by atoms with Gasteiger partial charge in [-0.25, -0.2) is 4.68 Å². The first-order valence-electron chi connectivity index (χ1n) is 12.1. The molecule has 2 aliphatic rings. The highest BCUT2D eigenvalue weighted by Crippen LogP contribution is 2.46. The molecular formula is C29H28N4OS2. The van der Waals surface area contributed by atoms with Crippen LogP contribution >= 0.6 is 23.5 Å². The molecule has 0 fully saturated rings. The Morgan fingerprint density at radius 2 is 1.81 bits per heavy atom. The van der Waals surface area contributed by atoms with E-state index in [2.05, 4.69) is 92.2 Å². The van der Waals surface area contributed by atoms with Crippen molar-refractivity contribution in [2.24, 2.45) is 5.41 Å². The van der Waals surface area contributed by atoms with Crippen molar-refractivity contribution in [1.29, 1.82) is 0 Å². The molecule has 1 aliphatic heterocycles. The van der Waals surface area contributed by atoms with Crippen LogP contribution in [0.15, 0.2) is 88.1 Å². The average Bonchev–Trinajstić information content (AvgIpc) is 3.28. The van der Waals surface area contributed by atoms with Gasteiger partial charge >= 0.3 is 0 Å². The van der Waals surface area contributed by atoms with Crippen LogP contribution in [0.25, 0.3) is 10.8 Å². The topological polar surface area (TPSA) is 59.8 Å². The van der Waals surface area contributed by atoms with E-state index in [0.29, 0.717) is 17.5 Å². The largest absolute Gasteiger partial charge is 0.328 e. The zero-order valence-corrected chi connectivity index (χ0v) is 22.2. The molecule has 1 N–H and O–H groups in total. The van der Waals surface area contributed by atoms with Crippen molar-refractivity contribution in [1.82, 2.24) is 14.8 Å². The molecule has 0 spiro atoms. The summed E-state index contributed by atoms with van der Waals surface area (Å²) in [6.45, 7) is 4.31. The number of ketones is 1. The summed E-state index contributed by atoms with van der Waals surface area (Å²) in [5.74, 6) is 1.68. The van der Waals surface area contributed by atoms with Crippen LogP contribution < -0.4 is 5.32 Å². The Kier molecular flexibility index (Phi) is 5.92. The summed E-state index contributed by atoms with van der Waals surface area (Å²) in [6, 6.07) is 23.1. The number of anilines is 1. The maximum absolute atomic E-state index is 13.4. The Balaban J connectivity index is 1.37. The fourth-order valence-corrected chi connectivity index (χ4v) is 6.55. The van der Waals surface area contributed by atoms with Crippen molar-refractivity contribution >= 4 is 46.0 Å². The SMILES string of the molecule is CSc1ccc(C2C3=C(CC(C)(C)CC3=O)Nc3nc(SCc4cccc5ccccc45)nn32)cc1. The first kappa shape index (κ1) is 23.4. The first-order valence-corrected chi connectivity index (χ1v) is 14.4. The lowest BCUT2D eigenvalue weighted by atomic mass is 9.73. The third kappa shape index (κ3) is 4.24. The van der Waals surface area contributed by atoms with Gasteiger partial charge in [0.15, 0.2) is 5.78 Å². The summed E-state index contributed by atoms with van der Waals surface area (Å²) < 4.78 is 1.91. The van der Waals surface area contributed by atoms with E-state index in [9.17, 15) is 4.79 Å². The number of nitrogens with zero attached hydrogens (tertiary/aromatic N) is 3. The van der Waals surface area contributed by atoms with Gasteiger partial charge in [0, 0.05) is 28.3 Å². The number of benzene rings is 3. The second-order valence-corrected chi connectivity index (χ2v) is 12.0. The maximum Gasteiger partial charge on any atom is 0.227 e. The van der Waals surface area contributed by atoms with E-state index >= 15 is 0 Å². The lowest BCUT2D eigenvalue weighted by Gasteiger charge is -2.38. The smallest absolute Gasteiger partial charge is 0.227 e. The van der Waals surface area contributed by atoms with Crippen LogP contribution in [0, 0.1) is 5.41 Å². The van der Waals surface area contributed by atoms with Gasteiger partial charge < -0.3 is 5.32 Å². The molecule has 1 atom stereocenters. The maximum atomic E-state index is 13.4. The standard InChI is InChI=1S/C29H28N4OS2/c1-29(2)15-23-25(24(34)16-29)26(19-11-13-21(35-3)14-12-19)33-27(30-23)31-28(32-33)36-17-20-9-6-8-18-7-4-5-10-22(18)20/h4-14,26H,15-17H2,1-3H3,(H,30,31,32). The van der Waals surface area contributed by atoms with Gasteiger partial charge in [-0.2, -0.15) is 4.98 Å². The number of carbonyl (C=O) groups is 1. The molecule has 0 saturated heterocycles. The van der Waals surface area contributed by atoms with Crippen molar-refractivity contribution < 1.29 is 4.79 Å². The predicted octanol–water partition coefficient (Wildman–Crippen LogP) is 7.10. The quantitative estimate of drug-likeness (QED) is 0.288. The number of thioether (sulfide) groups is 2. The van der Waals surface area contributed by atoms with E-state index < -0.39 is 0 Å². The van der Waals surface area contributed by atoms with E-state index in [1.165, 1.54) is 21.2 Å². The molecule has 1 aliphatic carbocycles. The summed E-state index contributed by atoms with van der Waals surface area (Å²) in [7, 11) is 0. The monoisotopic (exact) mass is 512 g/mol. The van der Waals surface area contributed by atoms with Crippen LogP contribution in [-0.2, 0) is 10.5 Å². The molecule has 2 heterocycles. The number of hydrogen-bond donors (Lipinski definition) is 1. The number of rotatable bonds is 5. The van der Waals surface area contributed by atoms with E-state index in [4.69, 9.17) is 10.1 Å². The molecule has 0 bridgehead atoms. The van der Waals surface area contributed by atoms with Crippen LogP contribution in [0.2, 0.25) is 0 Å². The second-order valence-electron chi connectivity index (χ2n) is 10.2. The number of carbonyl (C=O) groups excluding carboxylic acids is 1. The van der Waals surface area contributed by atoms with E-state index in [1.807, 2.05) is 4.68 Å².